The van der Waals surface area contributed by atoms with E-state index in [0.717, 1.165) is 39.0 Å². The molecule has 7 heteroatoms. The van der Waals surface area contributed by atoms with Gasteiger partial charge in [-0.15, -0.1) is 0 Å². The van der Waals surface area contributed by atoms with Crippen molar-refractivity contribution in [1.82, 2.24) is 14.1 Å². The topological polar surface area (TPSA) is 60.9 Å². The third-order valence-electron chi connectivity index (χ3n) is 4.59. The Morgan fingerprint density at radius 1 is 0.913 bits per heavy atom. The van der Waals surface area contributed by atoms with Crippen LogP contribution >= 0.6 is 0 Å². The van der Waals surface area contributed by atoms with Gasteiger partial charge in [0.2, 0.25) is 10.0 Å². The fourth-order valence-corrected chi connectivity index (χ4v) is 4.47. The van der Waals surface area contributed by atoms with Crippen LogP contribution in [0.3, 0.4) is 0 Å². The van der Waals surface area contributed by atoms with Crippen molar-refractivity contribution < 1.29 is 13.2 Å². The summed E-state index contributed by atoms with van der Waals surface area (Å²) in [6.07, 6.45) is 2.09. The van der Waals surface area contributed by atoms with Crippen molar-refractivity contribution in [3.8, 4) is 0 Å². The fourth-order valence-electron chi connectivity index (χ4n) is 3.05. The maximum atomic E-state index is 12.6. The summed E-state index contributed by atoms with van der Waals surface area (Å²) in [4.78, 5) is 16.5. The number of rotatable bonds is 3. The number of carbonyl (C=O) groups excluding carboxylic acids is 1. The summed E-state index contributed by atoms with van der Waals surface area (Å²) in [5.74, 6) is -0.00829. The Labute approximate surface area is 137 Å². The highest BCUT2D eigenvalue weighted by Crippen LogP contribution is 2.19. The van der Waals surface area contributed by atoms with Crippen LogP contribution in [0.5, 0.6) is 0 Å². The van der Waals surface area contributed by atoms with E-state index >= 15 is 0 Å². The Hall–Kier alpha value is -1.44. The van der Waals surface area contributed by atoms with Crippen LogP contribution in [-0.4, -0.2) is 74.7 Å². The summed E-state index contributed by atoms with van der Waals surface area (Å²) < 4.78 is 26.8. The molecule has 0 N–H and O–H groups in total. The lowest BCUT2D eigenvalue weighted by atomic mass is 10.2. The van der Waals surface area contributed by atoms with Crippen molar-refractivity contribution in [2.75, 3.05) is 46.3 Å². The first-order valence-corrected chi connectivity index (χ1v) is 9.50. The molecule has 0 saturated carbocycles. The standard InChI is InChI=1S/C16H23N3O3S/c1-17-10-12-19(13-11-17)23(21,22)15-6-4-14(5-7-15)16(20)18-8-2-3-9-18/h4-7H,2-3,8-13H2,1H3. The first-order chi connectivity index (χ1) is 11.0. The second kappa shape index (κ2) is 6.59. The van der Waals surface area contributed by atoms with Gasteiger partial charge in [-0.25, -0.2) is 8.42 Å². The monoisotopic (exact) mass is 337 g/mol. The van der Waals surface area contributed by atoms with Gasteiger partial charge in [0.15, 0.2) is 0 Å². The number of benzene rings is 1. The number of likely N-dealkylation sites (tertiary alicyclic amines) is 1. The van der Waals surface area contributed by atoms with Gasteiger partial charge in [-0.05, 0) is 44.2 Å². The van der Waals surface area contributed by atoms with Gasteiger partial charge in [0.05, 0.1) is 4.90 Å². The minimum Gasteiger partial charge on any atom is -0.339 e. The zero-order chi connectivity index (χ0) is 16.4. The highest BCUT2D eigenvalue weighted by Gasteiger charge is 2.28. The van der Waals surface area contributed by atoms with Crippen molar-refractivity contribution in [3.05, 3.63) is 29.8 Å². The predicted octanol–water partition coefficient (Wildman–Crippen LogP) is 0.859. The third-order valence-corrected chi connectivity index (χ3v) is 6.51. The number of nitrogens with zero attached hydrogens (tertiary/aromatic N) is 3. The lowest BCUT2D eigenvalue weighted by Crippen LogP contribution is -2.47. The average Bonchev–Trinajstić information content (AvgIpc) is 3.09. The number of likely N-dealkylation sites (N-methyl/N-ethyl adjacent to an activating group) is 1. The molecule has 126 valence electrons. The fraction of sp³-hybridized carbons (Fsp3) is 0.562. The summed E-state index contributed by atoms with van der Waals surface area (Å²) in [5, 5.41) is 0. The molecule has 0 radical (unpaired) electrons. The van der Waals surface area contributed by atoms with E-state index < -0.39 is 10.0 Å². The van der Waals surface area contributed by atoms with E-state index in [1.54, 1.807) is 24.3 Å². The van der Waals surface area contributed by atoms with Crippen molar-refractivity contribution in [2.24, 2.45) is 0 Å². The van der Waals surface area contributed by atoms with E-state index in [2.05, 4.69) is 4.90 Å². The minimum absolute atomic E-state index is 0.00829. The van der Waals surface area contributed by atoms with Crippen LogP contribution in [0.15, 0.2) is 29.2 Å². The molecule has 3 rings (SSSR count). The van der Waals surface area contributed by atoms with Crippen LogP contribution in [0.4, 0.5) is 0 Å². The van der Waals surface area contributed by atoms with Crippen LogP contribution < -0.4 is 0 Å². The quantitative estimate of drug-likeness (QED) is 0.821. The first kappa shape index (κ1) is 16.4. The summed E-state index contributed by atoms with van der Waals surface area (Å²) in [7, 11) is -1.48. The summed E-state index contributed by atoms with van der Waals surface area (Å²) in [6, 6.07) is 6.36. The summed E-state index contributed by atoms with van der Waals surface area (Å²) in [5.41, 5.74) is 0.559. The van der Waals surface area contributed by atoms with E-state index in [1.165, 1.54) is 4.31 Å². The number of sulfonamides is 1. The molecule has 2 aliphatic rings. The second-order valence-corrected chi connectivity index (χ2v) is 8.17. The zero-order valence-corrected chi connectivity index (χ0v) is 14.3. The van der Waals surface area contributed by atoms with Gasteiger partial charge in [0.25, 0.3) is 5.91 Å². The van der Waals surface area contributed by atoms with E-state index in [0.29, 0.717) is 18.7 Å². The largest absolute Gasteiger partial charge is 0.339 e. The molecule has 2 aliphatic heterocycles. The molecule has 0 aliphatic carbocycles. The van der Waals surface area contributed by atoms with Crippen LogP contribution in [0, 0.1) is 0 Å². The number of carbonyl (C=O) groups is 1. The third kappa shape index (κ3) is 3.41. The lowest BCUT2D eigenvalue weighted by molar-refractivity contribution is 0.0792. The number of hydrogen-bond acceptors (Lipinski definition) is 4. The van der Waals surface area contributed by atoms with Crippen molar-refractivity contribution >= 4 is 15.9 Å². The molecule has 23 heavy (non-hydrogen) atoms. The smallest absolute Gasteiger partial charge is 0.253 e. The highest BCUT2D eigenvalue weighted by molar-refractivity contribution is 7.89. The molecule has 0 unspecified atom stereocenters. The Morgan fingerprint density at radius 3 is 2.04 bits per heavy atom. The van der Waals surface area contributed by atoms with E-state index in [9.17, 15) is 13.2 Å². The molecule has 0 atom stereocenters. The predicted molar refractivity (Wildman–Crippen MR) is 87.8 cm³/mol. The average molecular weight is 337 g/mol. The van der Waals surface area contributed by atoms with Gasteiger partial charge < -0.3 is 9.80 Å². The van der Waals surface area contributed by atoms with E-state index in [1.807, 2.05) is 11.9 Å². The summed E-state index contributed by atoms with van der Waals surface area (Å²) in [6.45, 7) is 4.08. The molecule has 1 aromatic carbocycles. The van der Waals surface area contributed by atoms with Crippen LogP contribution in [0.2, 0.25) is 0 Å². The molecule has 0 spiro atoms. The molecule has 2 fully saturated rings. The maximum absolute atomic E-state index is 12.6. The van der Waals surface area contributed by atoms with Gasteiger partial charge in [0.1, 0.15) is 0 Å². The van der Waals surface area contributed by atoms with Crippen molar-refractivity contribution in [3.63, 3.8) is 0 Å². The normalized spacial score (nSPS) is 20.8. The number of hydrogen-bond donors (Lipinski definition) is 0. The molecule has 6 nitrogen and oxygen atoms in total. The van der Waals surface area contributed by atoms with Crippen molar-refractivity contribution in [1.29, 1.82) is 0 Å². The van der Waals surface area contributed by atoms with Gasteiger partial charge >= 0.3 is 0 Å². The molecule has 0 aromatic heterocycles. The molecule has 2 heterocycles. The van der Waals surface area contributed by atoms with Gasteiger partial charge in [0, 0.05) is 44.8 Å². The van der Waals surface area contributed by atoms with E-state index in [-0.39, 0.29) is 10.8 Å². The van der Waals surface area contributed by atoms with Crippen LogP contribution in [-0.2, 0) is 10.0 Å². The van der Waals surface area contributed by atoms with E-state index in [4.69, 9.17) is 0 Å². The van der Waals surface area contributed by atoms with Gasteiger partial charge in [-0.1, -0.05) is 0 Å². The lowest BCUT2D eigenvalue weighted by Gasteiger charge is -2.31. The zero-order valence-electron chi connectivity index (χ0n) is 13.4. The molecule has 1 aromatic rings. The number of amides is 1. The summed E-state index contributed by atoms with van der Waals surface area (Å²) >= 11 is 0. The maximum Gasteiger partial charge on any atom is 0.253 e. The van der Waals surface area contributed by atoms with Gasteiger partial charge in [-0.2, -0.15) is 4.31 Å². The molecule has 0 bridgehead atoms. The molecular formula is C16H23N3O3S. The number of piperazine rings is 1. The first-order valence-electron chi connectivity index (χ1n) is 8.06. The Kier molecular flexibility index (Phi) is 4.70. The van der Waals surface area contributed by atoms with Crippen molar-refractivity contribution in [2.45, 2.75) is 17.7 Å². The Balaban J connectivity index is 1.74. The second-order valence-electron chi connectivity index (χ2n) is 6.23. The SMILES string of the molecule is CN1CCN(S(=O)(=O)c2ccc(C(=O)N3CCCC3)cc2)CC1. The van der Waals surface area contributed by atoms with Crippen LogP contribution in [0.25, 0.3) is 0 Å². The minimum atomic E-state index is -3.47. The van der Waals surface area contributed by atoms with Crippen LogP contribution in [0.1, 0.15) is 23.2 Å². The molecular weight excluding hydrogens is 314 g/mol. The van der Waals surface area contributed by atoms with Gasteiger partial charge in [-0.3, -0.25) is 4.79 Å². The Bertz CT molecular complexity index is 658. The molecule has 2 saturated heterocycles. The Morgan fingerprint density at radius 2 is 1.48 bits per heavy atom. The highest BCUT2D eigenvalue weighted by atomic mass is 32.2. The molecule has 1 amide bonds.